The highest BCUT2D eigenvalue weighted by Gasteiger charge is 2.22. The number of nitrogens with one attached hydrogen (secondary N) is 2. The summed E-state index contributed by atoms with van der Waals surface area (Å²) in [5.41, 5.74) is 1.06. The molecule has 0 aromatic carbocycles. The van der Waals surface area contributed by atoms with Crippen LogP contribution in [0.5, 0.6) is 0 Å². The van der Waals surface area contributed by atoms with Gasteiger partial charge >= 0.3 is 0 Å². The third kappa shape index (κ3) is 2.39. The summed E-state index contributed by atoms with van der Waals surface area (Å²) in [4.78, 5) is 16.9. The number of carbonyl (C=O) groups is 1. The molecule has 1 aliphatic rings. The number of hydrogen-bond acceptors (Lipinski definition) is 2. The molecule has 0 aliphatic carbocycles. The van der Waals surface area contributed by atoms with Crippen molar-refractivity contribution in [3.63, 3.8) is 0 Å². The predicted octanol–water partition coefficient (Wildman–Crippen LogP) is 0.377. The normalized spacial score (nSPS) is 21.7. The first-order valence-electron chi connectivity index (χ1n) is 5.39. The summed E-state index contributed by atoms with van der Waals surface area (Å²) >= 11 is 0. The maximum absolute atomic E-state index is 12.0. The quantitative estimate of drug-likeness (QED) is 0.736. The van der Waals surface area contributed by atoms with Gasteiger partial charge in [0.15, 0.2) is 0 Å². The fourth-order valence-electron chi connectivity index (χ4n) is 1.96. The second-order valence-electron chi connectivity index (χ2n) is 4.04. The second-order valence-corrected chi connectivity index (χ2v) is 4.04. The summed E-state index contributed by atoms with van der Waals surface area (Å²) in [7, 11) is 0. The average Bonchev–Trinajstić information content (AvgIpc) is 2.71. The van der Waals surface area contributed by atoms with E-state index >= 15 is 0 Å². The summed E-state index contributed by atoms with van der Waals surface area (Å²) in [6, 6.07) is 2.26. The van der Waals surface area contributed by atoms with E-state index in [1.54, 1.807) is 0 Å². The Morgan fingerprint density at radius 1 is 1.67 bits per heavy atom. The molecule has 1 saturated heterocycles. The first kappa shape index (κ1) is 10.2. The van der Waals surface area contributed by atoms with Crippen LogP contribution in [0.2, 0.25) is 0 Å². The van der Waals surface area contributed by atoms with Gasteiger partial charge in [0.05, 0.1) is 6.42 Å². The van der Waals surface area contributed by atoms with Crippen molar-refractivity contribution >= 4 is 5.91 Å². The molecule has 2 N–H and O–H groups in total. The Kier molecular flexibility index (Phi) is 3.06. The van der Waals surface area contributed by atoms with Crippen molar-refractivity contribution in [3.05, 3.63) is 24.0 Å². The van der Waals surface area contributed by atoms with E-state index in [1.807, 2.05) is 23.4 Å². The zero-order valence-corrected chi connectivity index (χ0v) is 8.99. The van der Waals surface area contributed by atoms with E-state index in [0.29, 0.717) is 12.5 Å². The predicted molar refractivity (Wildman–Crippen MR) is 58.5 cm³/mol. The number of aromatic amines is 1. The van der Waals surface area contributed by atoms with Crippen LogP contribution < -0.4 is 5.32 Å². The van der Waals surface area contributed by atoms with Crippen molar-refractivity contribution in [2.45, 2.75) is 19.4 Å². The van der Waals surface area contributed by atoms with Crippen molar-refractivity contribution in [2.24, 2.45) is 0 Å². The average molecular weight is 207 g/mol. The van der Waals surface area contributed by atoms with Gasteiger partial charge in [-0.25, -0.2) is 0 Å². The van der Waals surface area contributed by atoms with E-state index in [2.05, 4.69) is 17.2 Å². The van der Waals surface area contributed by atoms with Gasteiger partial charge in [-0.05, 0) is 18.6 Å². The van der Waals surface area contributed by atoms with Gasteiger partial charge < -0.3 is 15.2 Å². The summed E-state index contributed by atoms with van der Waals surface area (Å²) in [5.74, 6) is 0.226. The topological polar surface area (TPSA) is 48.1 Å². The Labute approximate surface area is 89.7 Å². The molecule has 1 atom stereocenters. The molecular weight excluding hydrogens is 190 g/mol. The highest BCUT2D eigenvalue weighted by molar-refractivity contribution is 5.79. The third-order valence-corrected chi connectivity index (χ3v) is 2.84. The number of nitrogens with zero attached hydrogens (tertiary/aromatic N) is 1. The van der Waals surface area contributed by atoms with Crippen molar-refractivity contribution in [3.8, 4) is 0 Å². The van der Waals surface area contributed by atoms with E-state index in [1.165, 1.54) is 0 Å². The van der Waals surface area contributed by atoms with Gasteiger partial charge in [0.25, 0.3) is 0 Å². The van der Waals surface area contributed by atoms with Crippen LogP contribution >= 0.6 is 0 Å². The Bertz CT molecular complexity index is 321. The number of carbonyl (C=O) groups excluding carboxylic acids is 1. The van der Waals surface area contributed by atoms with Crippen LogP contribution in [0.25, 0.3) is 0 Å². The number of rotatable bonds is 2. The highest BCUT2D eigenvalue weighted by atomic mass is 16.2. The molecule has 0 bridgehead atoms. The molecule has 1 aliphatic heterocycles. The monoisotopic (exact) mass is 207 g/mol. The highest BCUT2D eigenvalue weighted by Crippen LogP contribution is 2.07. The Balaban J connectivity index is 1.95. The SMILES string of the molecule is CC1CNCCN1C(=O)Cc1cc[nH]c1. The van der Waals surface area contributed by atoms with Crippen molar-refractivity contribution in [1.29, 1.82) is 0 Å². The second kappa shape index (κ2) is 4.49. The molecule has 0 saturated carbocycles. The molecule has 0 spiro atoms. The van der Waals surface area contributed by atoms with Gasteiger partial charge in [0, 0.05) is 38.1 Å². The molecule has 1 unspecified atom stereocenters. The van der Waals surface area contributed by atoms with Crippen LogP contribution in [0.3, 0.4) is 0 Å². The zero-order chi connectivity index (χ0) is 10.7. The molecule has 0 radical (unpaired) electrons. The minimum Gasteiger partial charge on any atom is -0.367 e. The largest absolute Gasteiger partial charge is 0.367 e. The lowest BCUT2D eigenvalue weighted by molar-refractivity contribution is -0.133. The number of aromatic nitrogens is 1. The van der Waals surface area contributed by atoms with Crippen molar-refractivity contribution in [1.82, 2.24) is 15.2 Å². The van der Waals surface area contributed by atoms with Crippen LogP contribution in [0.4, 0.5) is 0 Å². The molecule has 2 rings (SSSR count). The lowest BCUT2D eigenvalue weighted by Crippen LogP contribution is -2.52. The van der Waals surface area contributed by atoms with E-state index < -0.39 is 0 Å². The van der Waals surface area contributed by atoms with E-state index in [9.17, 15) is 4.79 Å². The standard InChI is InChI=1S/C11H17N3O/c1-9-7-13-4-5-14(9)11(15)6-10-2-3-12-8-10/h2-3,8-9,12-13H,4-7H2,1H3. The van der Waals surface area contributed by atoms with E-state index in [-0.39, 0.29) is 5.91 Å². The molecule has 1 aromatic heterocycles. The Morgan fingerprint density at radius 3 is 3.20 bits per heavy atom. The van der Waals surface area contributed by atoms with Crippen LogP contribution in [0.1, 0.15) is 12.5 Å². The molecule has 82 valence electrons. The molecule has 15 heavy (non-hydrogen) atoms. The fourth-order valence-corrected chi connectivity index (χ4v) is 1.96. The maximum atomic E-state index is 12.0. The first-order valence-corrected chi connectivity index (χ1v) is 5.39. The molecule has 4 heteroatoms. The molecule has 1 amide bonds. The van der Waals surface area contributed by atoms with Gasteiger partial charge in [-0.15, -0.1) is 0 Å². The summed E-state index contributed by atoms with van der Waals surface area (Å²) in [5, 5.41) is 3.28. The minimum atomic E-state index is 0.226. The summed E-state index contributed by atoms with van der Waals surface area (Å²) in [6.07, 6.45) is 4.24. The number of amides is 1. The molecule has 2 heterocycles. The molecular formula is C11H17N3O. The van der Waals surface area contributed by atoms with Crippen LogP contribution in [-0.4, -0.2) is 41.5 Å². The van der Waals surface area contributed by atoms with Crippen LogP contribution in [0.15, 0.2) is 18.5 Å². The lowest BCUT2D eigenvalue weighted by Gasteiger charge is -2.34. The Hall–Kier alpha value is -1.29. The summed E-state index contributed by atoms with van der Waals surface area (Å²) in [6.45, 7) is 4.72. The van der Waals surface area contributed by atoms with E-state index in [4.69, 9.17) is 0 Å². The smallest absolute Gasteiger partial charge is 0.227 e. The fraction of sp³-hybridized carbons (Fsp3) is 0.545. The van der Waals surface area contributed by atoms with E-state index in [0.717, 1.165) is 25.2 Å². The molecule has 4 nitrogen and oxygen atoms in total. The van der Waals surface area contributed by atoms with Crippen LogP contribution in [-0.2, 0) is 11.2 Å². The zero-order valence-electron chi connectivity index (χ0n) is 8.99. The van der Waals surface area contributed by atoms with Gasteiger partial charge in [0.2, 0.25) is 5.91 Å². The first-order chi connectivity index (χ1) is 7.27. The Morgan fingerprint density at radius 2 is 2.53 bits per heavy atom. The van der Waals surface area contributed by atoms with Gasteiger partial charge in [-0.1, -0.05) is 0 Å². The third-order valence-electron chi connectivity index (χ3n) is 2.84. The molecule has 1 fully saturated rings. The van der Waals surface area contributed by atoms with Gasteiger partial charge in [-0.2, -0.15) is 0 Å². The minimum absolute atomic E-state index is 0.226. The number of hydrogen-bond donors (Lipinski definition) is 2. The van der Waals surface area contributed by atoms with Gasteiger partial charge in [0.1, 0.15) is 0 Å². The van der Waals surface area contributed by atoms with Crippen LogP contribution in [0, 0.1) is 0 Å². The number of piperazine rings is 1. The molecule has 1 aromatic rings. The number of H-pyrrole nitrogens is 1. The van der Waals surface area contributed by atoms with Crippen molar-refractivity contribution < 1.29 is 4.79 Å². The van der Waals surface area contributed by atoms with Gasteiger partial charge in [-0.3, -0.25) is 4.79 Å². The van der Waals surface area contributed by atoms with Crippen molar-refractivity contribution in [2.75, 3.05) is 19.6 Å². The maximum Gasteiger partial charge on any atom is 0.227 e. The summed E-state index contributed by atoms with van der Waals surface area (Å²) < 4.78 is 0. The lowest BCUT2D eigenvalue weighted by atomic mass is 10.1.